The molecule has 0 amide bonds. The molecule has 31 heavy (non-hydrogen) atoms. The maximum absolute atomic E-state index is 12.7. The van der Waals surface area contributed by atoms with Gasteiger partial charge in [0.25, 0.3) is 20.9 Å². The van der Waals surface area contributed by atoms with Crippen LogP contribution in [-0.4, -0.2) is 50.4 Å². The molecule has 2 aromatic carbocycles. The van der Waals surface area contributed by atoms with Gasteiger partial charge in [0.15, 0.2) is 5.75 Å². The molecule has 1 heterocycles. The second kappa shape index (κ2) is 9.35. The van der Waals surface area contributed by atoms with Crippen molar-refractivity contribution < 1.29 is 23.1 Å². The van der Waals surface area contributed by atoms with Crippen molar-refractivity contribution in [3.8, 4) is 5.75 Å². The summed E-state index contributed by atoms with van der Waals surface area (Å²) in [7, 11) is -2.92. The van der Waals surface area contributed by atoms with E-state index in [-0.39, 0.29) is 40.6 Å². The molecule has 2 unspecified atom stereocenters. The lowest BCUT2D eigenvalue weighted by Crippen LogP contribution is -2.42. The fourth-order valence-electron chi connectivity index (χ4n) is 3.68. The Bertz CT molecular complexity index is 1100. The molecular formula is C20H27N3O7S. The normalized spacial score (nSPS) is 17.9. The van der Waals surface area contributed by atoms with Crippen LogP contribution in [0.4, 0.5) is 17.1 Å². The smallest absolute Gasteiger partial charge is 0.268 e. The van der Waals surface area contributed by atoms with Gasteiger partial charge in [-0.2, -0.15) is 0 Å². The summed E-state index contributed by atoms with van der Waals surface area (Å²) in [4.78, 5) is 28.8. The van der Waals surface area contributed by atoms with Crippen molar-refractivity contribution in [3.63, 3.8) is 0 Å². The minimum absolute atomic E-state index is 0.0199. The summed E-state index contributed by atoms with van der Waals surface area (Å²) in [6.07, 6.45) is 2.42. The van der Waals surface area contributed by atoms with Gasteiger partial charge in [0.2, 0.25) is 0 Å². The van der Waals surface area contributed by atoms with Crippen molar-refractivity contribution in [1.29, 1.82) is 0 Å². The Labute approximate surface area is 180 Å². The summed E-state index contributed by atoms with van der Waals surface area (Å²) in [5, 5.41) is 16.4. The Morgan fingerprint density at radius 3 is 2.55 bits per heavy atom. The van der Waals surface area contributed by atoms with Crippen molar-refractivity contribution in [2.24, 2.45) is 0 Å². The Morgan fingerprint density at radius 2 is 1.97 bits per heavy atom. The molecule has 0 saturated carbocycles. The van der Waals surface area contributed by atoms with E-state index >= 15 is 0 Å². The third-order valence-corrected chi connectivity index (χ3v) is 7.19. The van der Waals surface area contributed by atoms with Crippen molar-refractivity contribution in [1.82, 2.24) is 4.47 Å². The molecule has 3 N–H and O–H groups in total. The van der Waals surface area contributed by atoms with Crippen LogP contribution in [0.15, 0.2) is 32.7 Å². The highest BCUT2D eigenvalue weighted by atomic mass is 32.2. The molecule has 0 radical (unpaired) electrons. The van der Waals surface area contributed by atoms with E-state index in [0.29, 0.717) is 13.0 Å². The first kappa shape index (κ1) is 23.2. The maximum Gasteiger partial charge on any atom is 0.268 e. The number of ether oxygens (including phenoxy) is 1. The van der Waals surface area contributed by atoms with E-state index in [9.17, 15) is 23.1 Å². The number of anilines is 3. The van der Waals surface area contributed by atoms with Gasteiger partial charge in [0.1, 0.15) is 16.3 Å². The second-order valence-corrected chi connectivity index (χ2v) is 9.00. The highest BCUT2D eigenvalue weighted by molar-refractivity contribution is 7.89. The van der Waals surface area contributed by atoms with Gasteiger partial charge in [-0.05, 0) is 38.3 Å². The zero-order valence-electron chi connectivity index (χ0n) is 17.7. The number of nitrogens with zero attached hydrogens (tertiary/aromatic N) is 1. The van der Waals surface area contributed by atoms with Gasteiger partial charge in [-0.25, -0.2) is 8.42 Å². The van der Waals surface area contributed by atoms with E-state index in [1.807, 2.05) is 6.92 Å². The third kappa shape index (κ3) is 4.31. The monoisotopic (exact) mass is 453 g/mol. The lowest BCUT2D eigenvalue weighted by atomic mass is 10.0. The first-order valence-electron chi connectivity index (χ1n) is 10.1. The van der Waals surface area contributed by atoms with E-state index in [1.54, 1.807) is 6.92 Å². The Kier molecular flexibility index (Phi) is 6.99. The van der Waals surface area contributed by atoms with E-state index in [0.717, 1.165) is 17.3 Å². The zero-order valence-corrected chi connectivity index (χ0v) is 18.5. The Morgan fingerprint density at radius 1 is 1.26 bits per heavy atom. The van der Waals surface area contributed by atoms with E-state index in [4.69, 9.17) is 9.57 Å². The number of rotatable bonds is 10. The van der Waals surface area contributed by atoms with Crippen molar-refractivity contribution in [2.75, 3.05) is 30.9 Å². The lowest BCUT2D eigenvalue weighted by molar-refractivity contribution is -0.0443. The predicted molar refractivity (Wildman–Crippen MR) is 116 cm³/mol. The summed E-state index contributed by atoms with van der Waals surface area (Å²) in [6.45, 7) is 4.22. The van der Waals surface area contributed by atoms with Crippen LogP contribution >= 0.6 is 0 Å². The predicted octanol–water partition coefficient (Wildman–Crippen LogP) is 1.67. The SMILES string of the molecule is CCC(Nc1c(Nc2cccc(S(=O)(=O)N(CC)OC)c2O)c(=O)c1=O)C1CCCO1. The molecule has 0 aliphatic carbocycles. The number of nitrogens with one attached hydrogen (secondary N) is 2. The third-order valence-electron chi connectivity index (χ3n) is 5.36. The van der Waals surface area contributed by atoms with E-state index in [2.05, 4.69) is 10.6 Å². The molecule has 170 valence electrons. The zero-order chi connectivity index (χ0) is 22.8. The van der Waals surface area contributed by atoms with Gasteiger partial charge in [-0.15, -0.1) is 0 Å². The molecule has 2 atom stereocenters. The molecule has 0 aromatic heterocycles. The number of hydrogen-bond acceptors (Lipinski definition) is 9. The minimum Gasteiger partial charge on any atom is -0.504 e. The molecule has 1 aliphatic rings. The molecule has 1 aliphatic heterocycles. The van der Waals surface area contributed by atoms with Crippen LogP contribution in [0.2, 0.25) is 0 Å². The van der Waals surface area contributed by atoms with Crippen molar-refractivity contribution in [3.05, 3.63) is 38.6 Å². The summed E-state index contributed by atoms with van der Waals surface area (Å²) < 4.78 is 31.8. The number of aromatic hydroxyl groups is 1. The Hall–Kier alpha value is -2.47. The first-order valence-corrected chi connectivity index (χ1v) is 11.6. The standard InChI is InChI=1S/C20H27N3O7S/c1-4-12(14-9-7-11-30-14)21-16-17(20(26)19(16)25)22-13-8-6-10-15(18(13)24)31(27,28)23(5-2)29-3/h6,8,10,12,14,21-22,24H,4-5,7,9,11H2,1-3H3. The molecule has 0 bridgehead atoms. The number of phenols is 1. The fourth-order valence-corrected chi connectivity index (χ4v) is 5.05. The van der Waals surface area contributed by atoms with E-state index in [1.165, 1.54) is 25.3 Å². The molecule has 2 aromatic rings. The fraction of sp³-hybridized carbons (Fsp3) is 0.500. The van der Waals surface area contributed by atoms with Crippen LogP contribution in [0.5, 0.6) is 5.75 Å². The topological polar surface area (TPSA) is 134 Å². The van der Waals surface area contributed by atoms with Gasteiger partial charge in [-0.3, -0.25) is 14.4 Å². The molecular weight excluding hydrogens is 426 g/mol. The number of hydroxylamine groups is 1. The van der Waals surface area contributed by atoms with Gasteiger partial charge < -0.3 is 20.5 Å². The largest absolute Gasteiger partial charge is 0.504 e. The van der Waals surface area contributed by atoms with Crippen molar-refractivity contribution >= 4 is 27.1 Å². The highest BCUT2D eigenvalue weighted by Crippen LogP contribution is 2.35. The number of phenolic OH excluding ortho intramolecular Hbond substituents is 1. The average molecular weight is 454 g/mol. The summed E-state index contributed by atoms with van der Waals surface area (Å²) in [6, 6.07) is 3.91. The van der Waals surface area contributed by atoms with Crippen LogP contribution < -0.4 is 21.5 Å². The van der Waals surface area contributed by atoms with Crippen LogP contribution in [0.3, 0.4) is 0 Å². The lowest BCUT2D eigenvalue weighted by Gasteiger charge is -2.26. The summed E-state index contributed by atoms with van der Waals surface area (Å²) >= 11 is 0. The van der Waals surface area contributed by atoms with Crippen LogP contribution in [0.1, 0.15) is 33.1 Å². The second-order valence-electron chi connectivity index (χ2n) is 7.20. The van der Waals surface area contributed by atoms with Gasteiger partial charge >= 0.3 is 0 Å². The molecule has 1 saturated heterocycles. The number of para-hydroxylation sites is 1. The number of benzene rings is 1. The molecule has 10 nitrogen and oxygen atoms in total. The van der Waals surface area contributed by atoms with Crippen LogP contribution in [-0.2, 0) is 19.6 Å². The molecule has 1 fully saturated rings. The number of sulfonamides is 1. The van der Waals surface area contributed by atoms with Crippen molar-refractivity contribution in [2.45, 2.75) is 50.2 Å². The summed E-state index contributed by atoms with van der Waals surface area (Å²) in [5.41, 5.74) is -1.35. The molecule has 0 spiro atoms. The highest BCUT2D eigenvalue weighted by Gasteiger charge is 2.31. The quantitative estimate of drug-likeness (QED) is 0.279. The van der Waals surface area contributed by atoms with Crippen LogP contribution in [0.25, 0.3) is 0 Å². The Balaban J connectivity index is 1.90. The van der Waals surface area contributed by atoms with Gasteiger partial charge in [0.05, 0.1) is 24.9 Å². The van der Waals surface area contributed by atoms with E-state index < -0.39 is 26.6 Å². The maximum atomic E-state index is 12.7. The molecule has 3 rings (SSSR count). The van der Waals surface area contributed by atoms with Gasteiger partial charge in [0, 0.05) is 13.2 Å². The minimum atomic E-state index is -4.13. The molecule has 11 heteroatoms. The van der Waals surface area contributed by atoms with Crippen LogP contribution in [0, 0.1) is 0 Å². The number of hydrogen-bond donors (Lipinski definition) is 3. The average Bonchev–Trinajstić information content (AvgIpc) is 3.29. The first-order chi connectivity index (χ1) is 14.8. The summed E-state index contributed by atoms with van der Waals surface area (Å²) in [5.74, 6) is -0.580. The van der Waals surface area contributed by atoms with Gasteiger partial charge in [-0.1, -0.05) is 17.5 Å².